The number of carbonyl (C=O) groups is 1. The van der Waals surface area contributed by atoms with Crippen LogP contribution in [0.2, 0.25) is 0 Å². The molecule has 0 fully saturated rings. The molecule has 0 unspecified atom stereocenters. The van der Waals surface area contributed by atoms with E-state index in [1.165, 1.54) is 0 Å². The van der Waals surface area contributed by atoms with Crippen molar-refractivity contribution in [3.63, 3.8) is 0 Å². The molecular weight excluding hydrogens is 236 g/mol. The Hall–Kier alpha value is -2.83. The molecule has 2 aromatic rings. The molecule has 0 bridgehead atoms. The molecule has 0 saturated carbocycles. The number of para-hydroxylation sites is 1. The van der Waals surface area contributed by atoms with Crippen molar-refractivity contribution in [1.29, 1.82) is 0 Å². The molecule has 0 aliphatic rings. The van der Waals surface area contributed by atoms with Gasteiger partial charge in [0.2, 0.25) is 11.8 Å². The van der Waals surface area contributed by atoms with Crippen molar-refractivity contribution in [2.24, 2.45) is 0 Å². The predicted octanol–water partition coefficient (Wildman–Crippen LogP) is 1.12. The summed E-state index contributed by atoms with van der Waals surface area (Å²) in [5.74, 6) is -0.595. The molecule has 7 nitrogen and oxygen atoms in total. The molecule has 4 N–H and O–H groups in total. The summed E-state index contributed by atoms with van der Waals surface area (Å²) < 4.78 is 0. The monoisotopic (exact) mass is 246 g/mol. The average molecular weight is 246 g/mol. The van der Waals surface area contributed by atoms with Crippen LogP contribution in [-0.4, -0.2) is 21.1 Å². The van der Waals surface area contributed by atoms with Crippen LogP contribution in [0.15, 0.2) is 41.2 Å². The van der Waals surface area contributed by atoms with Crippen LogP contribution in [0.25, 0.3) is 0 Å². The van der Waals surface area contributed by atoms with Gasteiger partial charge in [-0.1, -0.05) is 18.2 Å². The van der Waals surface area contributed by atoms with Crippen molar-refractivity contribution in [2.45, 2.75) is 0 Å². The molecule has 0 spiro atoms. The third-order valence-electron chi connectivity index (χ3n) is 1.99. The maximum atomic E-state index is 11.5. The van der Waals surface area contributed by atoms with Gasteiger partial charge in [0, 0.05) is 5.69 Å². The molecule has 1 heterocycles. The number of H-pyrrole nitrogens is 1. The van der Waals surface area contributed by atoms with E-state index in [-0.39, 0.29) is 5.95 Å². The van der Waals surface area contributed by atoms with E-state index in [1.807, 2.05) is 6.07 Å². The summed E-state index contributed by atoms with van der Waals surface area (Å²) in [6.45, 7) is 0. The Bertz CT molecular complexity index is 609. The zero-order chi connectivity index (χ0) is 13.0. The lowest BCUT2D eigenvalue weighted by Crippen LogP contribution is -2.22. The van der Waals surface area contributed by atoms with Gasteiger partial charge >= 0.3 is 6.03 Å². The fourth-order valence-corrected chi connectivity index (χ4v) is 1.30. The molecule has 0 saturated heterocycles. The highest BCUT2D eigenvalue weighted by Crippen LogP contribution is 2.06. The molecule has 0 atom stereocenters. The van der Waals surface area contributed by atoms with E-state index in [9.17, 15) is 9.59 Å². The third kappa shape index (κ3) is 3.08. The molecule has 0 aliphatic carbocycles. The molecule has 2 rings (SSSR count). The minimum atomic E-state index is -0.574. The van der Waals surface area contributed by atoms with Crippen LogP contribution < -0.4 is 16.2 Å². The lowest BCUT2D eigenvalue weighted by molar-refractivity contribution is 0.262. The molecule has 18 heavy (non-hydrogen) atoms. The Morgan fingerprint density at radius 3 is 2.61 bits per heavy atom. The van der Waals surface area contributed by atoms with Gasteiger partial charge in [-0.3, -0.25) is 15.1 Å². The number of nitrogens with zero attached hydrogens (tertiary/aromatic N) is 1. The fourth-order valence-electron chi connectivity index (χ4n) is 1.30. The molecular formula is C11H10N4O3. The summed E-state index contributed by atoms with van der Waals surface area (Å²) in [4.78, 5) is 28.4. The summed E-state index contributed by atoms with van der Waals surface area (Å²) in [7, 11) is 0. The maximum Gasteiger partial charge on any atom is 0.326 e. The smallest absolute Gasteiger partial charge is 0.326 e. The van der Waals surface area contributed by atoms with Gasteiger partial charge in [-0.15, -0.1) is 0 Å². The molecule has 2 amide bonds. The van der Waals surface area contributed by atoms with Crippen LogP contribution in [0.5, 0.6) is 5.88 Å². The molecule has 92 valence electrons. The Morgan fingerprint density at radius 2 is 1.94 bits per heavy atom. The number of hydrogen-bond acceptors (Lipinski definition) is 4. The number of benzene rings is 1. The van der Waals surface area contributed by atoms with Crippen molar-refractivity contribution in [2.75, 3.05) is 10.6 Å². The number of anilines is 2. The van der Waals surface area contributed by atoms with Gasteiger partial charge < -0.3 is 10.4 Å². The number of nitrogens with one attached hydrogen (secondary N) is 3. The Labute approximate surface area is 102 Å². The molecule has 0 aliphatic heterocycles. The second-order valence-electron chi connectivity index (χ2n) is 3.40. The summed E-state index contributed by atoms with van der Waals surface area (Å²) in [6, 6.07) is 9.09. The lowest BCUT2D eigenvalue weighted by Gasteiger charge is -2.06. The first-order valence-corrected chi connectivity index (χ1v) is 5.07. The first-order chi connectivity index (χ1) is 8.63. The first-order valence-electron chi connectivity index (χ1n) is 5.07. The summed E-state index contributed by atoms with van der Waals surface area (Å²) in [5.41, 5.74) is 0.0370. The third-order valence-corrected chi connectivity index (χ3v) is 1.99. The number of rotatable bonds is 2. The van der Waals surface area contributed by atoms with E-state index < -0.39 is 17.5 Å². The van der Waals surface area contributed by atoms with Crippen LogP contribution >= 0.6 is 0 Å². The van der Waals surface area contributed by atoms with Gasteiger partial charge in [0.05, 0.1) is 6.07 Å². The first kappa shape index (κ1) is 11.6. The van der Waals surface area contributed by atoms with Gasteiger partial charge in [-0.2, -0.15) is 4.98 Å². The Kier molecular flexibility index (Phi) is 3.24. The van der Waals surface area contributed by atoms with Gasteiger partial charge in [-0.25, -0.2) is 4.79 Å². The second kappa shape index (κ2) is 5.00. The van der Waals surface area contributed by atoms with Gasteiger partial charge in [-0.05, 0) is 12.1 Å². The zero-order valence-electron chi connectivity index (χ0n) is 9.18. The number of urea groups is 1. The van der Waals surface area contributed by atoms with Crippen molar-refractivity contribution in [1.82, 2.24) is 9.97 Å². The molecule has 7 heteroatoms. The number of amides is 2. The highest BCUT2D eigenvalue weighted by Gasteiger charge is 2.05. The van der Waals surface area contributed by atoms with Gasteiger partial charge in [0.1, 0.15) is 0 Å². The summed E-state index contributed by atoms with van der Waals surface area (Å²) in [6.07, 6.45) is 0. The number of hydrogen-bond donors (Lipinski definition) is 4. The minimum Gasteiger partial charge on any atom is -0.493 e. The largest absolute Gasteiger partial charge is 0.493 e. The van der Waals surface area contributed by atoms with Crippen molar-refractivity contribution in [3.05, 3.63) is 46.8 Å². The standard InChI is InChI=1S/C11H10N4O3/c16-8-6-9(17)14-10(13-8)15-11(18)12-7-4-2-1-3-5-7/h1-6H,(H4,12,13,14,15,16,17,18). The zero-order valence-corrected chi connectivity index (χ0v) is 9.18. The SMILES string of the molecule is O=C(Nc1ccccc1)Nc1nc(O)cc(=O)[nH]1. The van der Waals surface area contributed by atoms with E-state index in [0.717, 1.165) is 6.07 Å². The lowest BCUT2D eigenvalue weighted by atomic mass is 10.3. The van der Waals surface area contributed by atoms with Crippen LogP contribution in [0, 0.1) is 0 Å². The number of carbonyl (C=O) groups excluding carboxylic acids is 1. The quantitative estimate of drug-likeness (QED) is 0.636. The predicted molar refractivity (Wildman–Crippen MR) is 65.6 cm³/mol. The number of aromatic nitrogens is 2. The van der Waals surface area contributed by atoms with E-state index in [1.54, 1.807) is 24.3 Å². The van der Waals surface area contributed by atoms with E-state index in [4.69, 9.17) is 5.11 Å². The number of aromatic amines is 1. The maximum absolute atomic E-state index is 11.5. The average Bonchev–Trinajstić information content (AvgIpc) is 2.28. The molecule has 1 aromatic heterocycles. The van der Waals surface area contributed by atoms with Crippen LogP contribution in [0.3, 0.4) is 0 Å². The normalized spacial score (nSPS) is 9.78. The van der Waals surface area contributed by atoms with Crippen LogP contribution in [-0.2, 0) is 0 Å². The molecule has 1 aromatic carbocycles. The van der Waals surface area contributed by atoms with Crippen molar-refractivity contribution >= 4 is 17.7 Å². The molecule has 0 radical (unpaired) electrons. The van der Waals surface area contributed by atoms with Gasteiger partial charge in [0.25, 0.3) is 5.56 Å². The summed E-state index contributed by atoms with van der Waals surface area (Å²) >= 11 is 0. The topological polar surface area (TPSA) is 107 Å². The Morgan fingerprint density at radius 1 is 1.22 bits per heavy atom. The van der Waals surface area contributed by atoms with Gasteiger partial charge in [0.15, 0.2) is 0 Å². The van der Waals surface area contributed by atoms with Crippen molar-refractivity contribution < 1.29 is 9.90 Å². The van der Waals surface area contributed by atoms with E-state index in [2.05, 4.69) is 20.6 Å². The van der Waals surface area contributed by atoms with E-state index in [0.29, 0.717) is 5.69 Å². The second-order valence-corrected chi connectivity index (χ2v) is 3.40. The Balaban J connectivity index is 2.05. The van der Waals surface area contributed by atoms with Crippen LogP contribution in [0.4, 0.5) is 16.4 Å². The fraction of sp³-hybridized carbons (Fsp3) is 0. The van der Waals surface area contributed by atoms with E-state index >= 15 is 0 Å². The van der Waals surface area contributed by atoms with Crippen molar-refractivity contribution in [3.8, 4) is 5.88 Å². The summed E-state index contributed by atoms with van der Waals surface area (Å²) in [5, 5.41) is 13.9. The number of aromatic hydroxyl groups is 1. The highest BCUT2D eigenvalue weighted by atomic mass is 16.3. The van der Waals surface area contributed by atoms with Crippen LogP contribution in [0.1, 0.15) is 0 Å². The minimum absolute atomic E-state index is 0.131. The highest BCUT2D eigenvalue weighted by molar-refractivity contribution is 5.98.